The molecule has 0 unspecified atom stereocenters. The maximum atomic E-state index is 12.8. The molecular formula is C18H20ClN3O2. The number of carbonyl (C=O) groups excluding carboxylic acids is 1. The van der Waals surface area contributed by atoms with Crippen LogP contribution in [0.5, 0.6) is 0 Å². The number of rotatable bonds is 3. The van der Waals surface area contributed by atoms with Crippen LogP contribution in [0.1, 0.15) is 36.5 Å². The quantitative estimate of drug-likeness (QED) is 0.857. The summed E-state index contributed by atoms with van der Waals surface area (Å²) in [7, 11) is 0. The monoisotopic (exact) mass is 345 g/mol. The lowest BCUT2D eigenvalue weighted by atomic mass is 9.80. The third kappa shape index (κ3) is 2.61. The van der Waals surface area contributed by atoms with Crippen molar-refractivity contribution in [2.45, 2.75) is 38.0 Å². The smallest absolute Gasteiger partial charge is 0.227 e. The topological polar surface area (TPSA) is 59.2 Å². The fourth-order valence-corrected chi connectivity index (χ4v) is 4.49. The molecule has 2 atom stereocenters. The van der Waals surface area contributed by atoms with Crippen LogP contribution in [0.2, 0.25) is 5.02 Å². The standard InChI is InChI=1S/C18H20ClN3O2/c1-12-20-17(21-24-12)18-7-3-5-14(18)10-22(11-18)16(23)9-13-4-2-6-15(19)8-13/h2,4,6,8,14H,3,5,7,9-11H2,1H3/t14-,18-/m1/s1. The highest BCUT2D eigenvalue weighted by Gasteiger charge is 2.54. The van der Waals surface area contributed by atoms with E-state index in [0.29, 0.717) is 29.8 Å². The van der Waals surface area contributed by atoms with Crippen LogP contribution in [-0.4, -0.2) is 34.0 Å². The first-order valence-electron chi connectivity index (χ1n) is 8.40. The molecular weight excluding hydrogens is 326 g/mol. The van der Waals surface area contributed by atoms with Gasteiger partial charge in [0, 0.05) is 25.0 Å². The number of nitrogens with zero attached hydrogens (tertiary/aromatic N) is 3. The van der Waals surface area contributed by atoms with Crippen molar-refractivity contribution >= 4 is 17.5 Å². The summed E-state index contributed by atoms with van der Waals surface area (Å²) >= 11 is 6.02. The summed E-state index contributed by atoms with van der Waals surface area (Å²) < 4.78 is 5.21. The van der Waals surface area contributed by atoms with Crippen LogP contribution in [0.25, 0.3) is 0 Å². The number of carbonyl (C=O) groups is 1. The lowest BCUT2D eigenvalue weighted by molar-refractivity contribution is -0.129. The van der Waals surface area contributed by atoms with Gasteiger partial charge in [-0.2, -0.15) is 4.98 Å². The van der Waals surface area contributed by atoms with Crippen LogP contribution < -0.4 is 0 Å². The lowest BCUT2D eigenvalue weighted by Crippen LogP contribution is -2.36. The molecule has 0 bridgehead atoms. The number of benzene rings is 1. The van der Waals surface area contributed by atoms with Crippen molar-refractivity contribution in [3.8, 4) is 0 Å². The predicted molar refractivity (Wildman–Crippen MR) is 89.8 cm³/mol. The molecule has 1 aliphatic heterocycles. The van der Waals surface area contributed by atoms with Crippen LogP contribution in [-0.2, 0) is 16.6 Å². The average Bonchev–Trinajstić information content (AvgIpc) is 3.20. The van der Waals surface area contributed by atoms with E-state index in [1.165, 1.54) is 0 Å². The molecule has 5 nitrogen and oxygen atoms in total. The highest BCUT2D eigenvalue weighted by molar-refractivity contribution is 6.30. The van der Waals surface area contributed by atoms with Crippen LogP contribution in [0.3, 0.4) is 0 Å². The third-order valence-corrected chi connectivity index (χ3v) is 5.68. The molecule has 0 radical (unpaired) electrons. The molecule has 2 fully saturated rings. The first-order chi connectivity index (χ1) is 11.6. The molecule has 1 amide bonds. The van der Waals surface area contributed by atoms with E-state index in [-0.39, 0.29) is 11.3 Å². The van der Waals surface area contributed by atoms with Gasteiger partial charge in [-0.15, -0.1) is 0 Å². The van der Waals surface area contributed by atoms with Gasteiger partial charge >= 0.3 is 0 Å². The molecule has 24 heavy (non-hydrogen) atoms. The largest absolute Gasteiger partial charge is 0.341 e. The van der Waals surface area contributed by atoms with Crippen molar-refractivity contribution in [2.24, 2.45) is 5.92 Å². The number of hydrogen-bond donors (Lipinski definition) is 0. The number of hydrogen-bond acceptors (Lipinski definition) is 4. The molecule has 6 heteroatoms. The molecule has 0 N–H and O–H groups in total. The Labute approximate surface area is 146 Å². The zero-order chi connectivity index (χ0) is 16.7. The molecule has 2 aliphatic rings. The van der Waals surface area contributed by atoms with Gasteiger partial charge in [-0.3, -0.25) is 4.79 Å². The van der Waals surface area contributed by atoms with E-state index in [0.717, 1.165) is 37.2 Å². The molecule has 1 aromatic heterocycles. The van der Waals surface area contributed by atoms with E-state index in [1.54, 1.807) is 0 Å². The first kappa shape index (κ1) is 15.6. The maximum absolute atomic E-state index is 12.8. The molecule has 1 saturated heterocycles. The Morgan fingerprint density at radius 2 is 2.38 bits per heavy atom. The van der Waals surface area contributed by atoms with E-state index in [4.69, 9.17) is 16.1 Å². The van der Waals surface area contributed by atoms with E-state index in [1.807, 2.05) is 36.1 Å². The van der Waals surface area contributed by atoms with Gasteiger partial charge in [-0.05, 0) is 36.5 Å². The SMILES string of the molecule is Cc1nc([C@@]23CCC[C@@H]2CN(C(=O)Cc2cccc(Cl)c2)C3)no1. The summed E-state index contributed by atoms with van der Waals surface area (Å²) in [6.45, 7) is 3.29. The van der Waals surface area contributed by atoms with Crippen molar-refractivity contribution < 1.29 is 9.32 Å². The Bertz CT molecular complexity index is 775. The summed E-state index contributed by atoms with van der Waals surface area (Å²) in [5, 5.41) is 4.84. The Balaban J connectivity index is 1.53. The number of halogens is 1. The van der Waals surface area contributed by atoms with Crippen LogP contribution >= 0.6 is 11.6 Å². The second kappa shape index (κ2) is 5.88. The summed E-state index contributed by atoms with van der Waals surface area (Å²) in [4.78, 5) is 19.2. The number of aryl methyl sites for hydroxylation is 1. The highest BCUT2D eigenvalue weighted by Crippen LogP contribution is 2.49. The Morgan fingerprint density at radius 1 is 1.50 bits per heavy atom. The Morgan fingerprint density at radius 3 is 3.12 bits per heavy atom. The normalized spacial score (nSPS) is 25.9. The molecule has 1 saturated carbocycles. The molecule has 1 aliphatic carbocycles. The number of aromatic nitrogens is 2. The molecule has 4 rings (SSSR count). The van der Waals surface area contributed by atoms with Gasteiger partial charge in [0.05, 0.1) is 11.8 Å². The van der Waals surface area contributed by atoms with Gasteiger partial charge in [0.25, 0.3) is 0 Å². The number of fused-ring (bicyclic) bond motifs is 1. The fourth-order valence-electron chi connectivity index (χ4n) is 4.28. The van der Waals surface area contributed by atoms with E-state index >= 15 is 0 Å². The molecule has 0 spiro atoms. The van der Waals surface area contributed by atoms with Crippen LogP contribution in [0.15, 0.2) is 28.8 Å². The molecule has 1 aromatic carbocycles. The minimum atomic E-state index is -0.123. The van der Waals surface area contributed by atoms with Crippen molar-refractivity contribution in [3.05, 3.63) is 46.6 Å². The average molecular weight is 346 g/mol. The lowest BCUT2D eigenvalue weighted by Gasteiger charge is -2.24. The molecule has 2 aromatic rings. The fraction of sp³-hybridized carbons (Fsp3) is 0.500. The predicted octanol–water partition coefficient (Wildman–Crippen LogP) is 3.15. The summed E-state index contributed by atoms with van der Waals surface area (Å²) in [6, 6.07) is 7.50. The number of likely N-dealkylation sites (tertiary alicyclic amines) is 1. The summed E-state index contributed by atoms with van der Waals surface area (Å²) in [5.74, 6) is 1.94. The van der Waals surface area contributed by atoms with Crippen molar-refractivity contribution in [1.29, 1.82) is 0 Å². The van der Waals surface area contributed by atoms with E-state index < -0.39 is 0 Å². The first-order valence-corrected chi connectivity index (χ1v) is 8.78. The highest BCUT2D eigenvalue weighted by atomic mass is 35.5. The van der Waals surface area contributed by atoms with Crippen LogP contribution in [0.4, 0.5) is 0 Å². The molecule has 2 heterocycles. The zero-order valence-corrected chi connectivity index (χ0v) is 14.4. The Hall–Kier alpha value is -1.88. The van der Waals surface area contributed by atoms with Gasteiger partial charge in [0.2, 0.25) is 11.8 Å². The van der Waals surface area contributed by atoms with Crippen molar-refractivity contribution in [1.82, 2.24) is 15.0 Å². The summed E-state index contributed by atoms with van der Waals surface area (Å²) in [6.07, 6.45) is 3.69. The Kier molecular flexibility index (Phi) is 3.83. The molecule has 126 valence electrons. The summed E-state index contributed by atoms with van der Waals surface area (Å²) in [5.41, 5.74) is 0.830. The minimum Gasteiger partial charge on any atom is -0.341 e. The minimum absolute atomic E-state index is 0.123. The van der Waals surface area contributed by atoms with Gasteiger partial charge in [0.1, 0.15) is 0 Å². The van der Waals surface area contributed by atoms with Gasteiger partial charge in [0.15, 0.2) is 5.82 Å². The third-order valence-electron chi connectivity index (χ3n) is 5.44. The van der Waals surface area contributed by atoms with Gasteiger partial charge in [-0.1, -0.05) is 35.3 Å². The van der Waals surface area contributed by atoms with Crippen LogP contribution in [0, 0.1) is 12.8 Å². The van der Waals surface area contributed by atoms with Crippen molar-refractivity contribution in [2.75, 3.05) is 13.1 Å². The van der Waals surface area contributed by atoms with E-state index in [9.17, 15) is 4.79 Å². The second-order valence-electron chi connectivity index (χ2n) is 6.96. The van der Waals surface area contributed by atoms with Gasteiger partial charge in [-0.25, -0.2) is 0 Å². The second-order valence-corrected chi connectivity index (χ2v) is 7.40. The zero-order valence-electron chi connectivity index (χ0n) is 13.7. The maximum Gasteiger partial charge on any atom is 0.227 e. The van der Waals surface area contributed by atoms with E-state index in [2.05, 4.69) is 10.1 Å². The van der Waals surface area contributed by atoms with Gasteiger partial charge < -0.3 is 9.42 Å². The van der Waals surface area contributed by atoms with Crippen molar-refractivity contribution in [3.63, 3.8) is 0 Å². The number of amides is 1.